The van der Waals surface area contributed by atoms with Gasteiger partial charge in [0, 0.05) is 37.6 Å². The highest BCUT2D eigenvalue weighted by atomic mass is 16.1. The summed E-state index contributed by atoms with van der Waals surface area (Å²) in [5.41, 5.74) is 0.204. The van der Waals surface area contributed by atoms with E-state index in [4.69, 9.17) is 5.26 Å². The summed E-state index contributed by atoms with van der Waals surface area (Å²) in [5.74, 6) is 1.31. The number of aromatic nitrogens is 4. The summed E-state index contributed by atoms with van der Waals surface area (Å²) in [6.45, 7) is 5.42. The van der Waals surface area contributed by atoms with E-state index in [0.29, 0.717) is 18.1 Å². The second kappa shape index (κ2) is 7.95. The quantitative estimate of drug-likeness (QED) is 0.877. The maximum atomic E-state index is 12.0. The standard InChI is InChI=1S/C18H23N7O/c1-13(2)25-17(26)7-6-16(23-25)24-10-4-3-5-14(24)12-22-18-15(11-19)20-8-9-21-18/h6-9,13-14H,3-5,10,12H2,1-2H3,(H,21,22). The van der Waals surface area contributed by atoms with Crippen molar-refractivity contribution in [2.24, 2.45) is 0 Å². The van der Waals surface area contributed by atoms with Gasteiger partial charge in [-0.15, -0.1) is 0 Å². The maximum Gasteiger partial charge on any atom is 0.267 e. The number of nitrogens with one attached hydrogen (secondary N) is 1. The van der Waals surface area contributed by atoms with Crippen LogP contribution in [0.4, 0.5) is 11.6 Å². The van der Waals surface area contributed by atoms with Crippen molar-refractivity contribution in [3.63, 3.8) is 0 Å². The molecule has 2 aromatic heterocycles. The SMILES string of the molecule is CC(C)n1nc(N2CCCCC2CNc2nccnc2C#N)ccc1=O. The van der Waals surface area contributed by atoms with Crippen LogP contribution in [0.5, 0.6) is 0 Å². The van der Waals surface area contributed by atoms with E-state index < -0.39 is 0 Å². The van der Waals surface area contributed by atoms with Crippen molar-refractivity contribution in [1.82, 2.24) is 19.7 Å². The van der Waals surface area contributed by atoms with Gasteiger partial charge in [0.05, 0.1) is 6.04 Å². The van der Waals surface area contributed by atoms with Crippen LogP contribution in [0.3, 0.4) is 0 Å². The molecule has 1 aliphatic rings. The van der Waals surface area contributed by atoms with E-state index in [-0.39, 0.29) is 17.6 Å². The summed E-state index contributed by atoms with van der Waals surface area (Å²) in [7, 11) is 0. The number of piperidine rings is 1. The fourth-order valence-electron chi connectivity index (χ4n) is 3.22. The van der Waals surface area contributed by atoms with Crippen molar-refractivity contribution in [1.29, 1.82) is 5.26 Å². The molecule has 0 aliphatic carbocycles. The molecule has 0 spiro atoms. The van der Waals surface area contributed by atoms with Crippen LogP contribution in [-0.2, 0) is 0 Å². The molecule has 3 rings (SSSR count). The first kappa shape index (κ1) is 17.9. The third-order valence-corrected chi connectivity index (χ3v) is 4.53. The number of hydrogen-bond acceptors (Lipinski definition) is 7. The van der Waals surface area contributed by atoms with Crippen LogP contribution < -0.4 is 15.8 Å². The molecule has 3 heterocycles. The summed E-state index contributed by atoms with van der Waals surface area (Å²) in [5, 5.41) is 17.0. The van der Waals surface area contributed by atoms with E-state index >= 15 is 0 Å². The molecule has 0 radical (unpaired) electrons. The van der Waals surface area contributed by atoms with Crippen molar-refractivity contribution < 1.29 is 0 Å². The first-order chi connectivity index (χ1) is 12.6. The molecule has 2 aromatic rings. The van der Waals surface area contributed by atoms with Gasteiger partial charge in [-0.1, -0.05) is 0 Å². The van der Waals surface area contributed by atoms with E-state index in [1.54, 1.807) is 18.3 Å². The minimum atomic E-state index is -0.0892. The Hall–Kier alpha value is -2.95. The minimum absolute atomic E-state index is 0.0154. The number of hydrogen-bond donors (Lipinski definition) is 1. The Balaban J connectivity index is 1.79. The number of rotatable bonds is 5. The fourth-order valence-corrected chi connectivity index (χ4v) is 3.22. The molecule has 1 N–H and O–H groups in total. The molecule has 26 heavy (non-hydrogen) atoms. The van der Waals surface area contributed by atoms with Crippen molar-refractivity contribution in [2.45, 2.75) is 45.2 Å². The Morgan fingerprint density at radius 1 is 1.31 bits per heavy atom. The zero-order valence-corrected chi connectivity index (χ0v) is 15.1. The third-order valence-electron chi connectivity index (χ3n) is 4.53. The van der Waals surface area contributed by atoms with Crippen LogP contribution in [0.25, 0.3) is 0 Å². The van der Waals surface area contributed by atoms with E-state index in [1.807, 2.05) is 13.8 Å². The Morgan fingerprint density at radius 3 is 2.88 bits per heavy atom. The highest BCUT2D eigenvalue weighted by Gasteiger charge is 2.24. The lowest BCUT2D eigenvalue weighted by Crippen LogP contribution is -2.45. The van der Waals surface area contributed by atoms with Gasteiger partial charge in [-0.2, -0.15) is 10.4 Å². The zero-order valence-electron chi connectivity index (χ0n) is 15.1. The zero-order chi connectivity index (χ0) is 18.5. The molecule has 8 heteroatoms. The van der Waals surface area contributed by atoms with Crippen LogP contribution in [0.1, 0.15) is 44.8 Å². The predicted octanol–water partition coefficient (Wildman–Crippen LogP) is 1.96. The minimum Gasteiger partial charge on any atom is -0.366 e. The third kappa shape index (κ3) is 3.82. The topological polar surface area (TPSA) is 99.7 Å². The van der Waals surface area contributed by atoms with Gasteiger partial charge in [-0.05, 0) is 39.2 Å². The first-order valence-corrected chi connectivity index (χ1v) is 8.91. The number of nitriles is 1. The summed E-state index contributed by atoms with van der Waals surface area (Å²) in [4.78, 5) is 22.4. The number of anilines is 2. The molecule has 0 aromatic carbocycles. The molecule has 1 atom stereocenters. The summed E-state index contributed by atoms with van der Waals surface area (Å²) < 4.78 is 1.52. The monoisotopic (exact) mass is 353 g/mol. The van der Waals surface area contributed by atoms with Gasteiger partial charge < -0.3 is 10.2 Å². The lowest BCUT2D eigenvalue weighted by molar-refractivity contribution is 0.451. The van der Waals surface area contributed by atoms with Crippen molar-refractivity contribution >= 4 is 11.6 Å². The molecule has 1 unspecified atom stereocenters. The highest BCUT2D eigenvalue weighted by molar-refractivity contribution is 5.47. The van der Waals surface area contributed by atoms with Crippen molar-refractivity contribution in [2.75, 3.05) is 23.3 Å². The van der Waals surface area contributed by atoms with Gasteiger partial charge in [-0.25, -0.2) is 14.6 Å². The van der Waals surface area contributed by atoms with Gasteiger partial charge >= 0.3 is 0 Å². The fraction of sp³-hybridized carbons (Fsp3) is 0.500. The molecule has 1 saturated heterocycles. The van der Waals surface area contributed by atoms with Gasteiger partial charge in [0.1, 0.15) is 11.9 Å². The van der Waals surface area contributed by atoms with Crippen LogP contribution in [-0.4, -0.2) is 38.9 Å². The molecule has 0 bridgehead atoms. The average Bonchev–Trinajstić information content (AvgIpc) is 2.67. The van der Waals surface area contributed by atoms with Gasteiger partial charge in [0.15, 0.2) is 11.5 Å². The molecule has 0 saturated carbocycles. The molecule has 8 nitrogen and oxygen atoms in total. The summed E-state index contributed by atoms with van der Waals surface area (Å²) in [6, 6.07) is 5.65. The molecule has 1 aliphatic heterocycles. The van der Waals surface area contributed by atoms with Crippen LogP contribution >= 0.6 is 0 Å². The van der Waals surface area contributed by atoms with Crippen molar-refractivity contribution in [3.8, 4) is 6.07 Å². The Morgan fingerprint density at radius 2 is 2.12 bits per heavy atom. The lowest BCUT2D eigenvalue weighted by Gasteiger charge is -2.37. The maximum absolute atomic E-state index is 12.0. The molecular weight excluding hydrogens is 330 g/mol. The van der Waals surface area contributed by atoms with E-state index in [0.717, 1.165) is 31.6 Å². The highest BCUT2D eigenvalue weighted by Crippen LogP contribution is 2.23. The predicted molar refractivity (Wildman–Crippen MR) is 99.1 cm³/mol. The normalized spacial score (nSPS) is 17.2. The van der Waals surface area contributed by atoms with Crippen LogP contribution in [0, 0.1) is 11.3 Å². The Labute approximate surface area is 152 Å². The van der Waals surface area contributed by atoms with Gasteiger partial charge in [0.25, 0.3) is 5.56 Å². The largest absolute Gasteiger partial charge is 0.366 e. The van der Waals surface area contributed by atoms with Gasteiger partial charge in [0.2, 0.25) is 0 Å². The first-order valence-electron chi connectivity index (χ1n) is 8.91. The Bertz CT molecular complexity index is 855. The summed E-state index contributed by atoms with van der Waals surface area (Å²) >= 11 is 0. The van der Waals surface area contributed by atoms with E-state index in [1.165, 1.54) is 10.9 Å². The lowest BCUT2D eigenvalue weighted by atomic mass is 10.0. The molecule has 0 amide bonds. The Kier molecular flexibility index (Phi) is 5.46. The van der Waals surface area contributed by atoms with Crippen LogP contribution in [0.15, 0.2) is 29.3 Å². The average molecular weight is 353 g/mol. The van der Waals surface area contributed by atoms with E-state index in [2.05, 4.69) is 31.4 Å². The second-order valence-corrected chi connectivity index (χ2v) is 6.66. The van der Waals surface area contributed by atoms with Gasteiger partial charge in [-0.3, -0.25) is 4.79 Å². The van der Waals surface area contributed by atoms with E-state index in [9.17, 15) is 4.79 Å². The molecular formula is C18H23N7O. The molecule has 136 valence electrons. The summed E-state index contributed by atoms with van der Waals surface area (Å²) in [6.07, 6.45) is 6.32. The molecule has 1 fully saturated rings. The van der Waals surface area contributed by atoms with Crippen LogP contribution in [0.2, 0.25) is 0 Å². The van der Waals surface area contributed by atoms with Crippen molar-refractivity contribution in [3.05, 3.63) is 40.6 Å². The number of nitrogens with zero attached hydrogens (tertiary/aromatic N) is 6. The second-order valence-electron chi connectivity index (χ2n) is 6.66. The smallest absolute Gasteiger partial charge is 0.267 e.